The van der Waals surface area contributed by atoms with E-state index in [1.807, 2.05) is 0 Å². The van der Waals surface area contributed by atoms with Crippen molar-refractivity contribution >= 4 is 5.97 Å². The van der Waals surface area contributed by atoms with E-state index in [2.05, 4.69) is 10.1 Å². The minimum Gasteiger partial charge on any atom is -0.485 e. The van der Waals surface area contributed by atoms with E-state index in [4.69, 9.17) is 14.0 Å². The molecular formula is C17H19FN2O4. The average Bonchev–Trinajstić information content (AvgIpc) is 3.10. The van der Waals surface area contributed by atoms with Crippen LogP contribution in [-0.2, 0) is 16.1 Å². The first-order chi connectivity index (χ1) is 11.7. The zero-order valence-corrected chi connectivity index (χ0v) is 13.4. The molecule has 1 fully saturated rings. The molecular weight excluding hydrogens is 315 g/mol. The fraction of sp³-hybridized carbons (Fsp3) is 0.471. The number of methoxy groups -OCH3 is 1. The molecule has 1 aromatic heterocycles. The Bertz CT molecular complexity index is 686. The minimum atomic E-state index is -0.318. The van der Waals surface area contributed by atoms with Crippen LogP contribution in [0.1, 0.15) is 43.3 Å². The number of nitrogens with zero attached hydrogens (tertiary/aromatic N) is 2. The van der Waals surface area contributed by atoms with Crippen molar-refractivity contribution in [2.24, 2.45) is 5.92 Å². The molecule has 0 spiro atoms. The highest BCUT2D eigenvalue weighted by Crippen LogP contribution is 2.36. The maximum atomic E-state index is 12.8. The maximum absolute atomic E-state index is 12.8. The zero-order valence-electron chi connectivity index (χ0n) is 13.4. The van der Waals surface area contributed by atoms with Crippen LogP contribution in [-0.4, -0.2) is 23.2 Å². The highest BCUT2D eigenvalue weighted by Gasteiger charge is 2.31. The van der Waals surface area contributed by atoms with E-state index >= 15 is 0 Å². The number of benzene rings is 1. The largest absolute Gasteiger partial charge is 0.485 e. The molecule has 0 N–H and O–H groups in total. The number of carbonyl (C=O) groups excluding carboxylic acids is 1. The number of halogens is 1. The number of rotatable bonds is 5. The van der Waals surface area contributed by atoms with Gasteiger partial charge in [0.2, 0.25) is 11.7 Å². The topological polar surface area (TPSA) is 74.5 Å². The normalized spacial score (nSPS) is 20.6. The van der Waals surface area contributed by atoms with Crippen LogP contribution in [0.25, 0.3) is 0 Å². The lowest BCUT2D eigenvalue weighted by molar-refractivity contribution is -0.146. The van der Waals surface area contributed by atoms with E-state index in [0.29, 0.717) is 23.9 Å². The molecule has 1 aliphatic carbocycles. The van der Waals surface area contributed by atoms with Crippen molar-refractivity contribution in [3.8, 4) is 5.75 Å². The molecule has 0 saturated heterocycles. The fourth-order valence-electron chi connectivity index (χ4n) is 2.97. The number of ether oxygens (including phenoxy) is 2. The van der Waals surface area contributed by atoms with E-state index in [0.717, 1.165) is 19.3 Å². The van der Waals surface area contributed by atoms with Crippen LogP contribution in [0.3, 0.4) is 0 Å². The Morgan fingerprint density at radius 2 is 2.12 bits per heavy atom. The molecule has 1 aromatic carbocycles. The molecule has 3 rings (SSSR count). The van der Waals surface area contributed by atoms with Gasteiger partial charge in [-0.25, -0.2) is 4.39 Å². The first-order valence-electron chi connectivity index (χ1n) is 7.94. The zero-order chi connectivity index (χ0) is 16.9. The molecule has 6 nitrogen and oxygen atoms in total. The lowest BCUT2D eigenvalue weighted by Crippen LogP contribution is -2.23. The predicted molar refractivity (Wildman–Crippen MR) is 81.7 cm³/mol. The summed E-state index contributed by atoms with van der Waals surface area (Å²) in [6.07, 6.45) is 3.33. The standard InChI is InChI=1S/C17H19FN2O4/c1-22-17(21)12-4-2-3-11(9-12)16-19-15(20-24-16)10-23-14-7-5-13(18)6-8-14/h5-8,11-12H,2-4,9-10H2,1H3/t11-,12-/m0/s1. The van der Waals surface area contributed by atoms with E-state index in [9.17, 15) is 9.18 Å². The number of esters is 1. The summed E-state index contributed by atoms with van der Waals surface area (Å²) in [5.74, 6) is 0.942. The summed E-state index contributed by atoms with van der Waals surface area (Å²) in [5.41, 5.74) is 0. The molecule has 0 amide bonds. The average molecular weight is 334 g/mol. The number of hydrogen-bond acceptors (Lipinski definition) is 6. The van der Waals surface area contributed by atoms with E-state index in [1.54, 1.807) is 12.1 Å². The second-order valence-electron chi connectivity index (χ2n) is 5.88. The molecule has 1 heterocycles. The van der Waals surface area contributed by atoms with Gasteiger partial charge in [0.05, 0.1) is 13.0 Å². The number of aromatic nitrogens is 2. The summed E-state index contributed by atoms with van der Waals surface area (Å²) in [6.45, 7) is 0.141. The van der Waals surface area contributed by atoms with Crippen LogP contribution in [0.2, 0.25) is 0 Å². The number of carbonyl (C=O) groups is 1. The molecule has 0 unspecified atom stereocenters. The minimum absolute atomic E-state index is 0.0647. The summed E-state index contributed by atoms with van der Waals surface area (Å²) in [4.78, 5) is 16.1. The van der Waals surface area contributed by atoms with Gasteiger partial charge < -0.3 is 14.0 Å². The van der Waals surface area contributed by atoms with Gasteiger partial charge in [0.25, 0.3) is 0 Å². The van der Waals surface area contributed by atoms with Gasteiger partial charge in [-0.2, -0.15) is 4.98 Å². The smallest absolute Gasteiger partial charge is 0.308 e. The van der Waals surface area contributed by atoms with Crippen molar-refractivity contribution in [1.82, 2.24) is 10.1 Å². The summed E-state index contributed by atoms with van der Waals surface area (Å²) in [6, 6.07) is 5.73. The van der Waals surface area contributed by atoms with Gasteiger partial charge in [-0.15, -0.1) is 0 Å². The molecule has 7 heteroatoms. The van der Waals surface area contributed by atoms with Crippen molar-refractivity contribution in [1.29, 1.82) is 0 Å². The van der Waals surface area contributed by atoms with Crippen LogP contribution in [0.4, 0.5) is 4.39 Å². The molecule has 1 saturated carbocycles. The van der Waals surface area contributed by atoms with Crippen LogP contribution >= 0.6 is 0 Å². The van der Waals surface area contributed by atoms with Crippen molar-refractivity contribution in [3.05, 3.63) is 41.8 Å². The Morgan fingerprint density at radius 1 is 1.33 bits per heavy atom. The van der Waals surface area contributed by atoms with E-state index in [1.165, 1.54) is 19.2 Å². The van der Waals surface area contributed by atoms with Gasteiger partial charge in [0.15, 0.2) is 6.61 Å². The molecule has 24 heavy (non-hydrogen) atoms. The molecule has 0 bridgehead atoms. The molecule has 128 valence electrons. The first kappa shape index (κ1) is 16.4. The second kappa shape index (κ2) is 7.42. The molecule has 2 aromatic rings. The van der Waals surface area contributed by atoms with Gasteiger partial charge in [-0.3, -0.25) is 4.79 Å². The van der Waals surface area contributed by atoms with Gasteiger partial charge in [-0.1, -0.05) is 11.6 Å². The Balaban J connectivity index is 1.58. The molecule has 0 aliphatic heterocycles. The quantitative estimate of drug-likeness (QED) is 0.782. The van der Waals surface area contributed by atoms with Crippen LogP contribution in [0.15, 0.2) is 28.8 Å². The van der Waals surface area contributed by atoms with Gasteiger partial charge in [0, 0.05) is 5.92 Å². The Labute approximate surface area is 139 Å². The monoisotopic (exact) mass is 334 g/mol. The molecule has 1 aliphatic rings. The second-order valence-corrected chi connectivity index (χ2v) is 5.88. The van der Waals surface area contributed by atoms with Crippen LogP contribution in [0, 0.1) is 11.7 Å². The van der Waals surface area contributed by atoms with Crippen molar-refractivity contribution in [3.63, 3.8) is 0 Å². The number of hydrogen-bond donors (Lipinski definition) is 0. The predicted octanol–water partition coefficient (Wildman–Crippen LogP) is 3.23. The highest BCUT2D eigenvalue weighted by molar-refractivity contribution is 5.72. The molecule has 0 radical (unpaired) electrons. The van der Waals surface area contributed by atoms with Crippen molar-refractivity contribution in [2.75, 3.05) is 7.11 Å². The third kappa shape index (κ3) is 3.90. The van der Waals surface area contributed by atoms with Crippen molar-refractivity contribution in [2.45, 2.75) is 38.2 Å². The van der Waals surface area contributed by atoms with Gasteiger partial charge >= 0.3 is 5.97 Å². The molecule has 2 atom stereocenters. The summed E-state index contributed by atoms with van der Waals surface area (Å²) in [7, 11) is 1.41. The van der Waals surface area contributed by atoms with Gasteiger partial charge in [0.1, 0.15) is 11.6 Å². The van der Waals surface area contributed by atoms with Crippen LogP contribution in [0.5, 0.6) is 5.75 Å². The first-order valence-corrected chi connectivity index (χ1v) is 7.94. The van der Waals surface area contributed by atoms with Gasteiger partial charge in [-0.05, 0) is 43.5 Å². The summed E-state index contributed by atoms with van der Waals surface area (Å²) >= 11 is 0. The third-order valence-corrected chi connectivity index (χ3v) is 4.22. The summed E-state index contributed by atoms with van der Waals surface area (Å²) < 4.78 is 28.5. The summed E-state index contributed by atoms with van der Waals surface area (Å²) in [5, 5.41) is 3.91. The Morgan fingerprint density at radius 3 is 2.88 bits per heavy atom. The lowest BCUT2D eigenvalue weighted by atomic mass is 9.81. The van der Waals surface area contributed by atoms with E-state index < -0.39 is 0 Å². The maximum Gasteiger partial charge on any atom is 0.308 e. The Kier molecular flexibility index (Phi) is 5.08. The third-order valence-electron chi connectivity index (χ3n) is 4.22. The lowest BCUT2D eigenvalue weighted by Gasteiger charge is -2.24. The Hall–Kier alpha value is -2.44. The highest BCUT2D eigenvalue weighted by atomic mass is 19.1. The van der Waals surface area contributed by atoms with E-state index in [-0.39, 0.29) is 30.2 Å². The fourth-order valence-corrected chi connectivity index (χ4v) is 2.97. The van der Waals surface area contributed by atoms with Crippen molar-refractivity contribution < 1.29 is 23.2 Å². The SMILES string of the molecule is COC(=O)[C@H]1CCC[C@H](c2nc(COc3ccc(F)cc3)no2)C1. The van der Waals surface area contributed by atoms with Crippen LogP contribution < -0.4 is 4.74 Å².